The van der Waals surface area contributed by atoms with Crippen LogP contribution in [0.15, 0.2) is 48.5 Å². The summed E-state index contributed by atoms with van der Waals surface area (Å²) >= 11 is 0. The van der Waals surface area contributed by atoms with Crippen LogP contribution in [0.25, 0.3) is 21.9 Å². The van der Waals surface area contributed by atoms with Gasteiger partial charge in [0.2, 0.25) is 5.91 Å². The fourth-order valence-corrected chi connectivity index (χ4v) is 5.64. The Bertz CT molecular complexity index is 1550. The maximum Gasteiger partial charge on any atom is 0.290 e. The topological polar surface area (TPSA) is 114 Å². The van der Waals surface area contributed by atoms with E-state index in [-0.39, 0.29) is 29.6 Å². The quantitative estimate of drug-likeness (QED) is 0.386. The average molecular weight is 517 g/mol. The van der Waals surface area contributed by atoms with Crippen LogP contribution in [-0.2, 0) is 4.79 Å². The number of hydrogen-bond donors (Lipinski definition) is 3. The van der Waals surface area contributed by atoms with Crippen LogP contribution in [0.5, 0.6) is 0 Å². The molecule has 3 amide bonds. The number of H-pyrrole nitrogens is 2. The monoisotopic (exact) mass is 516 g/mol. The lowest BCUT2D eigenvalue weighted by molar-refractivity contribution is -0.138. The van der Waals surface area contributed by atoms with Crippen molar-refractivity contribution in [1.29, 1.82) is 0 Å². The van der Waals surface area contributed by atoms with Crippen molar-refractivity contribution < 1.29 is 18.8 Å². The van der Waals surface area contributed by atoms with Gasteiger partial charge in [0.1, 0.15) is 17.6 Å². The fraction of sp³-hybridized carbons (Fsp3) is 0.357. The lowest BCUT2D eigenvalue weighted by Gasteiger charge is -2.39. The summed E-state index contributed by atoms with van der Waals surface area (Å²) in [5.41, 5.74) is 1.67. The molecule has 3 atom stereocenters. The van der Waals surface area contributed by atoms with Crippen LogP contribution in [0.3, 0.4) is 0 Å². The number of fused-ring (bicyclic) bond motifs is 4. The van der Waals surface area contributed by atoms with Crippen molar-refractivity contribution in [2.75, 3.05) is 13.1 Å². The van der Waals surface area contributed by atoms with Crippen molar-refractivity contribution >= 4 is 39.7 Å². The Morgan fingerprint density at radius 2 is 1.71 bits per heavy atom. The van der Waals surface area contributed by atoms with E-state index in [0.29, 0.717) is 36.2 Å². The molecule has 196 valence electrons. The van der Waals surface area contributed by atoms with Gasteiger partial charge in [0.15, 0.2) is 5.82 Å². The van der Waals surface area contributed by atoms with Gasteiger partial charge in [-0.3, -0.25) is 14.4 Å². The van der Waals surface area contributed by atoms with Gasteiger partial charge >= 0.3 is 0 Å². The van der Waals surface area contributed by atoms with Gasteiger partial charge in [0.25, 0.3) is 11.8 Å². The molecule has 2 saturated heterocycles. The summed E-state index contributed by atoms with van der Waals surface area (Å²) in [6.45, 7) is 6.50. The normalized spacial score (nSPS) is 19.9. The van der Waals surface area contributed by atoms with Crippen molar-refractivity contribution in [1.82, 2.24) is 30.1 Å². The number of aromatic amines is 2. The Kier molecular flexibility index (Phi) is 5.51. The van der Waals surface area contributed by atoms with Gasteiger partial charge in [0, 0.05) is 24.0 Å². The molecule has 2 aromatic carbocycles. The molecule has 3 N–H and O–H groups in total. The number of para-hydroxylation sites is 2. The van der Waals surface area contributed by atoms with Crippen LogP contribution in [0.4, 0.5) is 4.39 Å². The number of nitrogens with one attached hydrogen (secondary N) is 3. The van der Waals surface area contributed by atoms with E-state index in [4.69, 9.17) is 0 Å². The van der Waals surface area contributed by atoms with Crippen LogP contribution in [0.2, 0.25) is 0 Å². The molecule has 2 bridgehead atoms. The standard InChI is InChI=1S/C28H29FN6O3/c1-28(2,3)23(33-25(36)22-12-17-18(29)7-6-10-19(17)30-22)26(37)34-13-16-11-15(34)14-35(16)27(38)24-31-20-8-4-5-9-21(20)32-24/h4-10,12,15-16,23,30H,11,13-14H2,1-3H3,(H,31,32)(H,33,36). The van der Waals surface area contributed by atoms with E-state index >= 15 is 0 Å². The van der Waals surface area contributed by atoms with Crippen LogP contribution in [-0.4, -0.2) is 73.7 Å². The molecule has 3 unspecified atom stereocenters. The van der Waals surface area contributed by atoms with Crippen molar-refractivity contribution in [2.24, 2.45) is 5.41 Å². The Balaban J connectivity index is 1.17. The SMILES string of the molecule is CC(C)(C)C(NC(=O)c1cc2c(F)cccc2[nH]1)C(=O)N1CC2CC1CN2C(=O)c1nc2ccccc2[nH]1. The van der Waals surface area contributed by atoms with Gasteiger partial charge in [0.05, 0.1) is 23.1 Å². The molecular formula is C28H29FN6O3. The smallest absolute Gasteiger partial charge is 0.290 e. The number of nitrogens with zero attached hydrogens (tertiary/aromatic N) is 3. The van der Waals surface area contributed by atoms with Crippen LogP contribution < -0.4 is 5.32 Å². The number of halogens is 1. The molecule has 2 aromatic heterocycles. The summed E-state index contributed by atoms with van der Waals surface area (Å²) in [6, 6.07) is 12.5. The zero-order valence-corrected chi connectivity index (χ0v) is 21.4. The average Bonchev–Trinajstić information content (AvgIpc) is 3.67. The Morgan fingerprint density at radius 1 is 1.00 bits per heavy atom. The van der Waals surface area contributed by atoms with Crippen LogP contribution >= 0.6 is 0 Å². The van der Waals surface area contributed by atoms with E-state index in [1.165, 1.54) is 12.1 Å². The summed E-state index contributed by atoms with van der Waals surface area (Å²) < 4.78 is 14.1. The molecule has 4 heterocycles. The number of imidazole rings is 1. The number of carbonyl (C=O) groups is 3. The molecule has 0 saturated carbocycles. The van der Waals surface area contributed by atoms with E-state index in [0.717, 1.165) is 11.0 Å². The zero-order chi connectivity index (χ0) is 26.8. The van der Waals surface area contributed by atoms with Crippen molar-refractivity contribution in [3.05, 3.63) is 65.9 Å². The minimum atomic E-state index is -0.801. The Hall–Kier alpha value is -4.21. The molecule has 2 aliphatic rings. The highest BCUT2D eigenvalue weighted by molar-refractivity contribution is 6.01. The first-order valence-electron chi connectivity index (χ1n) is 12.7. The van der Waals surface area contributed by atoms with E-state index in [1.807, 2.05) is 45.0 Å². The highest BCUT2D eigenvalue weighted by Gasteiger charge is 2.50. The van der Waals surface area contributed by atoms with Gasteiger partial charge < -0.3 is 25.1 Å². The molecule has 0 aliphatic carbocycles. The predicted molar refractivity (Wildman–Crippen MR) is 140 cm³/mol. The summed E-state index contributed by atoms with van der Waals surface area (Å²) in [6.07, 6.45) is 0.684. The molecule has 0 spiro atoms. The van der Waals surface area contributed by atoms with Crippen molar-refractivity contribution in [3.63, 3.8) is 0 Å². The Morgan fingerprint density at radius 3 is 2.39 bits per heavy atom. The van der Waals surface area contributed by atoms with E-state index in [9.17, 15) is 18.8 Å². The van der Waals surface area contributed by atoms with E-state index < -0.39 is 23.2 Å². The van der Waals surface area contributed by atoms with Gasteiger partial charge in [-0.15, -0.1) is 0 Å². The van der Waals surface area contributed by atoms with Gasteiger partial charge in [-0.1, -0.05) is 39.0 Å². The summed E-state index contributed by atoms with van der Waals surface area (Å²) in [7, 11) is 0. The molecule has 6 rings (SSSR count). The molecule has 2 fully saturated rings. The number of amides is 3. The lowest BCUT2D eigenvalue weighted by Crippen LogP contribution is -2.59. The minimum Gasteiger partial charge on any atom is -0.350 e. The van der Waals surface area contributed by atoms with Crippen molar-refractivity contribution in [2.45, 2.75) is 45.3 Å². The lowest BCUT2D eigenvalue weighted by atomic mass is 9.85. The van der Waals surface area contributed by atoms with Crippen LogP contribution in [0, 0.1) is 11.2 Å². The third-order valence-electron chi connectivity index (χ3n) is 7.62. The number of benzene rings is 2. The third-order valence-corrected chi connectivity index (χ3v) is 7.62. The summed E-state index contributed by atoms with van der Waals surface area (Å²) in [5.74, 6) is -0.953. The van der Waals surface area contributed by atoms with Gasteiger partial charge in [-0.25, -0.2) is 9.37 Å². The first-order chi connectivity index (χ1) is 18.1. The third kappa shape index (κ3) is 4.00. The second-order valence-electron chi connectivity index (χ2n) is 11.3. The second kappa shape index (κ2) is 8.68. The second-order valence-corrected chi connectivity index (χ2v) is 11.3. The number of hydrogen-bond acceptors (Lipinski definition) is 4. The fourth-order valence-electron chi connectivity index (χ4n) is 5.64. The first-order valence-corrected chi connectivity index (χ1v) is 12.7. The van der Waals surface area contributed by atoms with Crippen LogP contribution in [0.1, 0.15) is 48.3 Å². The molecule has 9 nitrogen and oxygen atoms in total. The minimum absolute atomic E-state index is 0.113. The maximum absolute atomic E-state index is 14.1. The number of likely N-dealkylation sites (tertiary alicyclic amines) is 2. The van der Waals surface area contributed by atoms with Gasteiger partial charge in [-0.05, 0) is 42.2 Å². The summed E-state index contributed by atoms with van der Waals surface area (Å²) in [5, 5.41) is 3.21. The molecule has 4 aromatic rings. The number of rotatable bonds is 4. The molecule has 0 radical (unpaired) electrons. The largest absolute Gasteiger partial charge is 0.350 e. The molecule has 38 heavy (non-hydrogen) atoms. The number of aromatic nitrogens is 3. The van der Waals surface area contributed by atoms with Gasteiger partial charge in [-0.2, -0.15) is 0 Å². The highest BCUT2D eigenvalue weighted by atomic mass is 19.1. The number of carbonyl (C=O) groups excluding carboxylic acids is 3. The first kappa shape index (κ1) is 24.1. The highest BCUT2D eigenvalue weighted by Crippen LogP contribution is 2.34. The molecule has 10 heteroatoms. The Labute approximate surface area is 218 Å². The van der Waals surface area contributed by atoms with E-state index in [1.54, 1.807) is 21.9 Å². The summed E-state index contributed by atoms with van der Waals surface area (Å²) in [4.78, 5) is 54.2. The molecular weight excluding hydrogens is 487 g/mol. The zero-order valence-electron chi connectivity index (χ0n) is 21.4. The van der Waals surface area contributed by atoms with Crippen molar-refractivity contribution in [3.8, 4) is 0 Å². The maximum atomic E-state index is 14.1. The van der Waals surface area contributed by atoms with E-state index in [2.05, 4.69) is 20.3 Å². The molecule has 2 aliphatic heterocycles. The predicted octanol–water partition coefficient (Wildman–Crippen LogP) is 3.45. The number of piperazine rings is 1.